The van der Waals surface area contributed by atoms with Crippen LogP contribution in [0.15, 0.2) is 11.9 Å². The third kappa shape index (κ3) is 7.19. The number of nitrogens with two attached hydrogens (primary N) is 2. The highest BCUT2D eigenvalue weighted by molar-refractivity contribution is 6.59. The molecule has 5 N–H and O–H groups in total. The molecule has 2 amide bonds. The van der Waals surface area contributed by atoms with E-state index in [1.54, 1.807) is 5.70 Å². The van der Waals surface area contributed by atoms with Crippen LogP contribution in [0.3, 0.4) is 0 Å². The number of hydrogen-bond acceptors (Lipinski definition) is 2. The van der Waals surface area contributed by atoms with Gasteiger partial charge in [-0.05, 0) is 6.20 Å². The Morgan fingerprint density at radius 3 is 2.67 bits per heavy atom. The second-order valence-electron chi connectivity index (χ2n) is 1.73. The second-order valence-corrected chi connectivity index (χ2v) is 3.83. The normalized spacial score (nSPS) is 13.6. The zero-order chi connectivity index (χ0) is 7.28. The third-order valence-corrected chi connectivity index (χ3v) is 1.42. The number of carbonyl (C=O) groups excluding carboxylic acids is 1. The van der Waals surface area contributed by atoms with Crippen LogP contribution in [0.2, 0.25) is 6.55 Å². The van der Waals surface area contributed by atoms with Gasteiger partial charge in [0.25, 0.3) is 0 Å². The molecule has 0 aliphatic heterocycles. The van der Waals surface area contributed by atoms with Gasteiger partial charge in [0.15, 0.2) is 0 Å². The van der Waals surface area contributed by atoms with Crippen molar-refractivity contribution in [2.75, 3.05) is 0 Å². The van der Waals surface area contributed by atoms with Gasteiger partial charge in [-0.15, -0.1) is 0 Å². The first-order chi connectivity index (χ1) is 4.13. The Hall–Kier alpha value is -0.813. The quantitative estimate of drug-likeness (QED) is 0.436. The Labute approximate surface area is 55.6 Å². The summed E-state index contributed by atoms with van der Waals surface area (Å²) in [7, 11) is -1.18. The van der Waals surface area contributed by atoms with Crippen molar-refractivity contribution in [1.29, 1.82) is 0 Å². The highest BCUT2D eigenvalue weighted by atomic mass is 28.3. The van der Waals surface area contributed by atoms with Gasteiger partial charge in [0.1, 0.15) is 8.96 Å². The predicted octanol–water partition coefficient (Wildman–Crippen LogP) is -0.980. The lowest BCUT2D eigenvalue weighted by Crippen LogP contribution is -2.26. The zero-order valence-electron chi connectivity index (χ0n) is 5.29. The summed E-state index contributed by atoms with van der Waals surface area (Å²) in [6.07, 6.45) is 1.49. The molecule has 1 atom stereocenters. The molecular weight excluding hydrogens is 134 g/mol. The summed E-state index contributed by atoms with van der Waals surface area (Å²) in [4.78, 5) is 10.0. The van der Waals surface area contributed by atoms with E-state index in [1.807, 2.05) is 6.55 Å². The Bertz CT molecular complexity index is 123. The van der Waals surface area contributed by atoms with Crippen molar-refractivity contribution in [1.82, 2.24) is 5.32 Å². The largest absolute Gasteiger partial charge is 0.351 e. The van der Waals surface area contributed by atoms with Crippen LogP contribution in [-0.4, -0.2) is 15.0 Å². The predicted molar refractivity (Wildman–Crippen MR) is 39.1 cm³/mol. The minimum atomic E-state index is -1.18. The van der Waals surface area contributed by atoms with Gasteiger partial charge in [0, 0.05) is 0 Å². The van der Waals surface area contributed by atoms with E-state index in [1.165, 1.54) is 6.20 Å². The van der Waals surface area contributed by atoms with E-state index >= 15 is 0 Å². The van der Waals surface area contributed by atoms with E-state index in [2.05, 4.69) is 5.32 Å². The van der Waals surface area contributed by atoms with E-state index in [-0.39, 0.29) is 0 Å². The first-order valence-corrected chi connectivity index (χ1v) is 5.10. The van der Waals surface area contributed by atoms with Crippen LogP contribution < -0.4 is 16.4 Å². The lowest BCUT2D eigenvalue weighted by Gasteiger charge is -1.92. The van der Waals surface area contributed by atoms with Crippen LogP contribution in [0.1, 0.15) is 0 Å². The van der Waals surface area contributed by atoms with Crippen molar-refractivity contribution in [2.24, 2.45) is 11.1 Å². The number of urea groups is 1. The molecule has 0 saturated carbocycles. The summed E-state index contributed by atoms with van der Waals surface area (Å²) in [6.45, 7) is 1.93. The minimum Gasteiger partial charge on any atom is -0.351 e. The van der Waals surface area contributed by atoms with Gasteiger partial charge in [-0.25, -0.2) is 4.79 Å². The Morgan fingerprint density at radius 2 is 2.33 bits per heavy atom. The highest BCUT2D eigenvalue weighted by Gasteiger charge is 1.86. The van der Waals surface area contributed by atoms with E-state index in [0.29, 0.717) is 0 Å². The fraction of sp³-hybridized carbons (Fsp3) is 0.250. The monoisotopic (exact) mass is 145 g/mol. The molecule has 4 nitrogen and oxygen atoms in total. The average Bonchev–Trinajstić information content (AvgIpc) is 1.63. The molecule has 0 bridgehead atoms. The molecule has 0 rings (SSSR count). The molecule has 0 spiro atoms. The van der Waals surface area contributed by atoms with E-state index in [4.69, 9.17) is 11.1 Å². The third-order valence-electron chi connectivity index (χ3n) is 0.625. The zero-order valence-corrected chi connectivity index (χ0v) is 6.45. The van der Waals surface area contributed by atoms with Gasteiger partial charge in [0.2, 0.25) is 0 Å². The second kappa shape index (κ2) is 4.10. The first kappa shape index (κ1) is 8.19. The summed E-state index contributed by atoms with van der Waals surface area (Å²) >= 11 is 0. The standard InChI is InChI=1S/C4H11N3OSi/c1-9(6)3-2-7-4(5)8/h2-3,9H,6H2,1H3,(H3,5,7,8). The SMILES string of the molecule is C[SiH](N)C=CNC(N)=O. The lowest BCUT2D eigenvalue weighted by atomic mass is 10.9. The van der Waals surface area contributed by atoms with Crippen molar-refractivity contribution in [3.63, 3.8) is 0 Å². The molecular formula is C4H11N3OSi. The summed E-state index contributed by atoms with van der Waals surface area (Å²) in [5, 5.41) is 7.73. The number of hydrogen-bond donors (Lipinski definition) is 3. The molecule has 0 fully saturated rings. The molecule has 0 aliphatic carbocycles. The van der Waals surface area contributed by atoms with Gasteiger partial charge in [-0.1, -0.05) is 12.2 Å². The Balaban J connectivity index is 3.36. The van der Waals surface area contributed by atoms with Crippen molar-refractivity contribution in [3.05, 3.63) is 11.9 Å². The molecule has 52 valence electrons. The fourth-order valence-electron chi connectivity index (χ4n) is 0.282. The molecule has 0 aliphatic rings. The fourth-order valence-corrected chi connectivity index (χ4v) is 0.682. The number of carbonyl (C=O) groups is 1. The summed E-state index contributed by atoms with van der Waals surface area (Å²) in [5.41, 5.74) is 6.52. The van der Waals surface area contributed by atoms with Gasteiger partial charge in [-0.2, -0.15) is 0 Å². The van der Waals surface area contributed by atoms with Crippen molar-refractivity contribution in [2.45, 2.75) is 6.55 Å². The van der Waals surface area contributed by atoms with E-state index < -0.39 is 15.0 Å². The van der Waals surface area contributed by atoms with Crippen molar-refractivity contribution >= 4 is 15.0 Å². The van der Waals surface area contributed by atoms with Crippen molar-refractivity contribution in [3.8, 4) is 0 Å². The maximum absolute atomic E-state index is 10.0. The van der Waals surface area contributed by atoms with Crippen LogP contribution in [0.4, 0.5) is 4.79 Å². The number of rotatable bonds is 2. The van der Waals surface area contributed by atoms with Gasteiger partial charge in [-0.3, -0.25) is 0 Å². The van der Waals surface area contributed by atoms with E-state index in [9.17, 15) is 4.79 Å². The molecule has 1 unspecified atom stereocenters. The Morgan fingerprint density at radius 1 is 1.78 bits per heavy atom. The maximum Gasteiger partial charge on any atom is 0.316 e. The molecule has 5 heteroatoms. The molecule has 0 aromatic rings. The van der Waals surface area contributed by atoms with Gasteiger partial charge < -0.3 is 16.4 Å². The van der Waals surface area contributed by atoms with Gasteiger partial charge >= 0.3 is 6.03 Å². The molecule has 9 heavy (non-hydrogen) atoms. The van der Waals surface area contributed by atoms with Crippen LogP contribution in [-0.2, 0) is 0 Å². The molecule has 0 saturated heterocycles. The average molecular weight is 145 g/mol. The minimum absolute atomic E-state index is 0.555. The topological polar surface area (TPSA) is 81.1 Å². The van der Waals surface area contributed by atoms with Crippen molar-refractivity contribution < 1.29 is 4.79 Å². The van der Waals surface area contributed by atoms with Gasteiger partial charge in [0.05, 0.1) is 0 Å². The molecule has 0 heterocycles. The molecule has 0 aromatic heterocycles. The Kier molecular flexibility index (Phi) is 3.73. The highest BCUT2D eigenvalue weighted by Crippen LogP contribution is 1.69. The van der Waals surface area contributed by atoms with Crippen LogP contribution in [0.25, 0.3) is 0 Å². The first-order valence-electron chi connectivity index (χ1n) is 2.61. The molecule has 0 radical (unpaired) electrons. The lowest BCUT2D eigenvalue weighted by molar-refractivity contribution is 0.252. The number of nitrogens with one attached hydrogen (secondary N) is 1. The number of amides is 2. The summed E-state index contributed by atoms with van der Waals surface area (Å²) < 4.78 is 0. The smallest absolute Gasteiger partial charge is 0.316 e. The summed E-state index contributed by atoms with van der Waals surface area (Å²) in [6, 6.07) is -0.555. The van der Waals surface area contributed by atoms with Crippen LogP contribution in [0.5, 0.6) is 0 Å². The molecule has 0 aromatic carbocycles. The van der Waals surface area contributed by atoms with Crippen LogP contribution >= 0.6 is 0 Å². The van der Waals surface area contributed by atoms with E-state index in [0.717, 1.165) is 0 Å². The summed E-state index contributed by atoms with van der Waals surface area (Å²) in [5.74, 6) is 0. The number of primary amides is 1. The van der Waals surface area contributed by atoms with Crippen LogP contribution in [0, 0.1) is 0 Å². The maximum atomic E-state index is 10.0.